The molecule has 6 nitrogen and oxygen atoms in total. The van der Waals surface area contributed by atoms with E-state index in [0.29, 0.717) is 5.56 Å². The fourth-order valence-corrected chi connectivity index (χ4v) is 5.71. The number of nitrogens with zero attached hydrogens (tertiary/aromatic N) is 1. The second kappa shape index (κ2) is 9.83. The number of esters is 1. The Hall–Kier alpha value is -4.56. The van der Waals surface area contributed by atoms with Crippen LogP contribution in [0.4, 0.5) is 4.39 Å². The van der Waals surface area contributed by atoms with Gasteiger partial charge in [-0.05, 0) is 42.0 Å². The lowest BCUT2D eigenvalue weighted by Crippen LogP contribution is -2.38. The lowest BCUT2D eigenvalue weighted by molar-refractivity contribution is 0.0685. The third-order valence-electron chi connectivity index (χ3n) is 5.86. The van der Waals surface area contributed by atoms with Gasteiger partial charge in [0.2, 0.25) is 5.78 Å². The number of fused-ring (bicyclic) bond motifs is 1. The van der Waals surface area contributed by atoms with E-state index in [-0.39, 0.29) is 39.6 Å². The highest BCUT2D eigenvalue weighted by atomic mass is 32.2. The maximum absolute atomic E-state index is 13.9. The Morgan fingerprint density at radius 3 is 2.00 bits per heavy atom. The molecule has 0 saturated carbocycles. The highest BCUT2D eigenvalue weighted by molar-refractivity contribution is 7.89. The molecule has 1 aliphatic heterocycles. The Kier molecular flexibility index (Phi) is 6.42. The van der Waals surface area contributed by atoms with E-state index in [1.165, 1.54) is 24.3 Å². The molecule has 0 N–H and O–H groups in total. The number of sulfonamides is 1. The van der Waals surface area contributed by atoms with Crippen LogP contribution in [0.3, 0.4) is 0 Å². The molecular formula is C29H20FNO5S. The molecule has 0 unspecified atom stereocenters. The van der Waals surface area contributed by atoms with Gasteiger partial charge in [0.1, 0.15) is 11.5 Å². The van der Waals surface area contributed by atoms with Crippen LogP contribution in [0, 0.1) is 5.82 Å². The normalized spacial score (nSPS) is 14.1. The van der Waals surface area contributed by atoms with Gasteiger partial charge in [0.15, 0.2) is 5.76 Å². The summed E-state index contributed by atoms with van der Waals surface area (Å²) in [5, 5.41) is 0. The number of allylic oxidation sites excluding steroid dienone is 1. The van der Waals surface area contributed by atoms with Crippen molar-refractivity contribution in [3.05, 3.63) is 143 Å². The molecule has 0 amide bonds. The summed E-state index contributed by atoms with van der Waals surface area (Å²) in [5.74, 6) is -2.21. The molecule has 5 rings (SSSR count). The van der Waals surface area contributed by atoms with Crippen LogP contribution in [0.25, 0.3) is 5.76 Å². The van der Waals surface area contributed by atoms with Crippen molar-refractivity contribution in [1.29, 1.82) is 0 Å². The first-order valence-corrected chi connectivity index (χ1v) is 12.8. The summed E-state index contributed by atoms with van der Waals surface area (Å²) >= 11 is 0. The molecule has 0 aromatic heterocycles. The van der Waals surface area contributed by atoms with Crippen LogP contribution in [0.15, 0.2) is 120 Å². The standard InChI is InChI=1S/C29H20FNO5S/c30-23-17-15-22(16-18-23)29(33)36-28-24-13-7-8-14-25(24)37(34,35)31(19-20-9-3-1-4-10-20)26(28)27(32)21-11-5-2-6-12-21/h1-18H,19H2. The average Bonchev–Trinajstić information content (AvgIpc) is 2.92. The largest absolute Gasteiger partial charge is 0.420 e. The summed E-state index contributed by atoms with van der Waals surface area (Å²) in [4.78, 5) is 26.9. The van der Waals surface area contributed by atoms with E-state index in [2.05, 4.69) is 0 Å². The molecule has 37 heavy (non-hydrogen) atoms. The third-order valence-corrected chi connectivity index (χ3v) is 7.66. The fraction of sp³-hybridized carbons (Fsp3) is 0.0345. The third kappa shape index (κ3) is 4.66. The predicted molar refractivity (Wildman–Crippen MR) is 135 cm³/mol. The van der Waals surface area contributed by atoms with E-state index in [1.807, 2.05) is 0 Å². The van der Waals surface area contributed by atoms with Gasteiger partial charge in [-0.1, -0.05) is 72.8 Å². The summed E-state index contributed by atoms with van der Waals surface area (Å²) in [6, 6.07) is 27.7. The fourth-order valence-electron chi connectivity index (χ4n) is 4.06. The Balaban J connectivity index is 1.74. The Bertz CT molecular complexity index is 1620. The molecule has 8 heteroatoms. The van der Waals surface area contributed by atoms with Crippen LogP contribution in [0.2, 0.25) is 0 Å². The van der Waals surface area contributed by atoms with Crippen LogP contribution in [-0.4, -0.2) is 24.5 Å². The summed E-state index contributed by atoms with van der Waals surface area (Å²) in [6.07, 6.45) is 0. The summed E-state index contributed by atoms with van der Waals surface area (Å²) in [7, 11) is -4.21. The van der Waals surface area contributed by atoms with Crippen molar-refractivity contribution >= 4 is 27.5 Å². The molecule has 1 aliphatic rings. The van der Waals surface area contributed by atoms with E-state index >= 15 is 0 Å². The highest BCUT2D eigenvalue weighted by Crippen LogP contribution is 2.40. The first kappa shape index (κ1) is 24.1. The van der Waals surface area contributed by atoms with Crippen LogP contribution >= 0.6 is 0 Å². The predicted octanol–water partition coefficient (Wildman–Crippen LogP) is 5.44. The minimum Gasteiger partial charge on any atom is -0.420 e. The molecule has 0 atom stereocenters. The van der Waals surface area contributed by atoms with E-state index in [0.717, 1.165) is 16.4 Å². The molecule has 0 spiro atoms. The number of carbonyl (C=O) groups is 2. The van der Waals surface area contributed by atoms with Crippen molar-refractivity contribution in [3.8, 4) is 0 Å². The molecular weight excluding hydrogens is 493 g/mol. The molecule has 4 aromatic carbocycles. The van der Waals surface area contributed by atoms with Crippen LogP contribution in [0.1, 0.15) is 31.8 Å². The second-order valence-electron chi connectivity index (χ2n) is 8.26. The lowest BCUT2D eigenvalue weighted by Gasteiger charge is -2.33. The number of rotatable bonds is 6. The molecule has 0 fully saturated rings. The topological polar surface area (TPSA) is 80.8 Å². The van der Waals surface area contributed by atoms with Crippen molar-refractivity contribution in [3.63, 3.8) is 0 Å². The van der Waals surface area contributed by atoms with Gasteiger partial charge in [-0.25, -0.2) is 17.6 Å². The molecule has 0 bridgehead atoms. The number of Topliss-reactive ketones (excluding diaryl/α,β-unsaturated/α-hetero) is 1. The maximum atomic E-state index is 13.9. The SMILES string of the molecule is O=C(OC1=C(C(=O)c2ccccc2)N(Cc2ccccc2)S(=O)(=O)c2ccccc21)c1ccc(F)cc1. The number of carbonyl (C=O) groups excluding carboxylic acids is 2. The van der Waals surface area contributed by atoms with Gasteiger partial charge >= 0.3 is 5.97 Å². The minimum atomic E-state index is -4.21. The molecule has 1 heterocycles. The second-order valence-corrected chi connectivity index (χ2v) is 10.1. The zero-order chi connectivity index (χ0) is 26.0. The van der Waals surface area contributed by atoms with E-state index in [4.69, 9.17) is 4.74 Å². The van der Waals surface area contributed by atoms with Crippen molar-refractivity contribution in [1.82, 2.24) is 4.31 Å². The Morgan fingerprint density at radius 2 is 1.32 bits per heavy atom. The molecule has 4 aromatic rings. The Labute approximate surface area is 213 Å². The van der Waals surface area contributed by atoms with Gasteiger partial charge in [-0.2, -0.15) is 0 Å². The minimum absolute atomic E-state index is 0.0425. The van der Waals surface area contributed by atoms with Gasteiger partial charge < -0.3 is 4.74 Å². The first-order valence-electron chi connectivity index (χ1n) is 11.3. The number of ether oxygens (including phenoxy) is 1. The van der Waals surface area contributed by atoms with E-state index in [1.54, 1.807) is 72.8 Å². The van der Waals surface area contributed by atoms with Crippen molar-refractivity contribution in [2.45, 2.75) is 11.4 Å². The van der Waals surface area contributed by atoms with Crippen LogP contribution < -0.4 is 0 Å². The van der Waals surface area contributed by atoms with Gasteiger partial charge in [0.05, 0.1) is 17.0 Å². The van der Waals surface area contributed by atoms with Gasteiger partial charge in [-0.15, -0.1) is 0 Å². The summed E-state index contributed by atoms with van der Waals surface area (Å²) in [6.45, 7) is -0.164. The zero-order valence-electron chi connectivity index (χ0n) is 19.4. The smallest absolute Gasteiger partial charge is 0.343 e. The first-order chi connectivity index (χ1) is 17.9. The van der Waals surface area contributed by atoms with Crippen LogP contribution in [0.5, 0.6) is 0 Å². The van der Waals surface area contributed by atoms with E-state index < -0.39 is 27.6 Å². The number of halogens is 1. The lowest BCUT2D eigenvalue weighted by atomic mass is 10.0. The average molecular weight is 514 g/mol. The van der Waals surface area contributed by atoms with Crippen LogP contribution in [-0.2, 0) is 21.3 Å². The van der Waals surface area contributed by atoms with Crippen molar-refractivity contribution < 1.29 is 27.1 Å². The Morgan fingerprint density at radius 1 is 0.730 bits per heavy atom. The molecule has 184 valence electrons. The number of hydrogen-bond acceptors (Lipinski definition) is 5. The number of benzene rings is 4. The summed E-state index contributed by atoms with van der Waals surface area (Å²) < 4.78 is 47.9. The van der Waals surface area contributed by atoms with Crippen molar-refractivity contribution in [2.24, 2.45) is 0 Å². The monoisotopic (exact) mass is 513 g/mol. The van der Waals surface area contributed by atoms with Gasteiger partial charge in [0.25, 0.3) is 10.0 Å². The van der Waals surface area contributed by atoms with Gasteiger partial charge in [0, 0.05) is 11.1 Å². The quantitative estimate of drug-likeness (QED) is 0.253. The van der Waals surface area contributed by atoms with Gasteiger partial charge in [-0.3, -0.25) is 9.10 Å². The van der Waals surface area contributed by atoms with Crippen molar-refractivity contribution in [2.75, 3.05) is 0 Å². The molecule has 0 aliphatic carbocycles. The number of hydrogen-bond donors (Lipinski definition) is 0. The summed E-state index contributed by atoms with van der Waals surface area (Å²) in [5.41, 5.74) is 0.695. The maximum Gasteiger partial charge on any atom is 0.343 e. The highest BCUT2D eigenvalue weighted by Gasteiger charge is 2.41. The number of ketones is 1. The molecule has 0 radical (unpaired) electrons. The zero-order valence-corrected chi connectivity index (χ0v) is 20.2. The molecule has 0 saturated heterocycles. The van der Waals surface area contributed by atoms with E-state index in [9.17, 15) is 22.4 Å².